The molecule has 1 atom stereocenters. The molecule has 136 valence electrons. The van der Waals surface area contributed by atoms with Gasteiger partial charge in [-0.15, -0.1) is 0 Å². The third-order valence-electron chi connectivity index (χ3n) is 3.28. The number of carbonyl (C=O) groups excluding carboxylic acids is 3. The molecule has 0 radical (unpaired) electrons. The van der Waals surface area contributed by atoms with E-state index in [-0.39, 0.29) is 18.6 Å². The summed E-state index contributed by atoms with van der Waals surface area (Å²) in [6.07, 6.45) is 2.68. The molecule has 7 heteroatoms. The van der Waals surface area contributed by atoms with E-state index in [2.05, 4.69) is 23.8 Å². The second-order valence-electron chi connectivity index (χ2n) is 6.65. The van der Waals surface area contributed by atoms with Gasteiger partial charge >= 0.3 is 12.1 Å². The van der Waals surface area contributed by atoms with Crippen molar-refractivity contribution >= 4 is 18.1 Å². The van der Waals surface area contributed by atoms with Gasteiger partial charge in [0, 0.05) is 12.1 Å². The Kier molecular flexibility index (Phi) is 10.4. The Morgan fingerprint density at radius 2 is 1.92 bits per heavy atom. The zero-order chi connectivity index (χ0) is 18.6. The number of hydrogen-bond donors (Lipinski definition) is 1. The highest BCUT2D eigenvalue weighted by molar-refractivity contribution is 5.86. The van der Waals surface area contributed by atoms with Crippen LogP contribution in [0.5, 0.6) is 0 Å². The summed E-state index contributed by atoms with van der Waals surface area (Å²) in [6.45, 7) is 12.1. The van der Waals surface area contributed by atoms with Crippen molar-refractivity contribution in [3.05, 3.63) is 12.2 Å². The normalized spacial score (nSPS) is 11.8. The summed E-state index contributed by atoms with van der Waals surface area (Å²) in [7, 11) is 0. The molecule has 0 bridgehead atoms. The number of aliphatic imine (C=N–C) groups is 1. The van der Waals surface area contributed by atoms with Gasteiger partial charge in [0.05, 0.1) is 6.54 Å². The van der Waals surface area contributed by atoms with Gasteiger partial charge in [0.15, 0.2) is 0 Å². The minimum Gasteiger partial charge on any atom is -0.459 e. The number of hydrogen-bond acceptors (Lipinski definition) is 6. The van der Waals surface area contributed by atoms with Gasteiger partial charge in [0.1, 0.15) is 13.2 Å². The molecule has 0 aromatic carbocycles. The minimum absolute atomic E-state index is 0.000948. The zero-order valence-electron chi connectivity index (χ0n) is 15.0. The number of amides is 1. The molecular weight excluding hydrogens is 312 g/mol. The van der Waals surface area contributed by atoms with E-state index >= 15 is 0 Å². The second kappa shape index (κ2) is 11.4. The number of ether oxygens (including phenoxy) is 2. The van der Waals surface area contributed by atoms with Crippen LogP contribution >= 0.6 is 0 Å². The molecule has 0 saturated carbocycles. The van der Waals surface area contributed by atoms with Crippen LogP contribution in [0.1, 0.15) is 40.5 Å². The van der Waals surface area contributed by atoms with Crippen LogP contribution in [0.15, 0.2) is 17.1 Å². The van der Waals surface area contributed by atoms with Crippen LogP contribution in [0.25, 0.3) is 0 Å². The third-order valence-corrected chi connectivity index (χ3v) is 3.28. The predicted molar refractivity (Wildman–Crippen MR) is 90.3 cm³/mol. The molecule has 0 rings (SSSR count). The first-order valence-corrected chi connectivity index (χ1v) is 7.95. The summed E-state index contributed by atoms with van der Waals surface area (Å²) in [4.78, 5) is 36.4. The lowest BCUT2D eigenvalue weighted by Crippen LogP contribution is -2.28. The van der Waals surface area contributed by atoms with E-state index < -0.39 is 12.1 Å². The molecule has 0 aromatic rings. The van der Waals surface area contributed by atoms with Gasteiger partial charge in [-0.3, -0.25) is 0 Å². The molecule has 0 aliphatic rings. The maximum atomic E-state index is 11.5. The predicted octanol–water partition coefficient (Wildman–Crippen LogP) is 2.61. The number of rotatable bonds is 11. The zero-order valence-corrected chi connectivity index (χ0v) is 15.0. The number of isocyanates is 1. The smallest absolute Gasteiger partial charge is 0.407 e. The Hall–Kier alpha value is -2.14. The van der Waals surface area contributed by atoms with E-state index in [0.29, 0.717) is 24.6 Å². The van der Waals surface area contributed by atoms with Gasteiger partial charge in [0.25, 0.3) is 0 Å². The van der Waals surface area contributed by atoms with Gasteiger partial charge < -0.3 is 14.8 Å². The Balaban J connectivity index is 3.82. The maximum absolute atomic E-state index is 11.5. The SMILES string of the molecule is C=C(C)C(=O)OCCOC(=O)NCCC(C)CC(C)(C)CN=C=O. The summed E-state index contributed by atoms with van der Waals surface area (Å²) in [5.41, 5.74) is 0.222. The molecule has 0 saturated heterocycles. The molecule has 1 N–H and O–H groups in total. The first kappa shape index (κ1) is 21.9. The fourth-order valence-electron chi connectivity index (χ4n) is 2.22. The van der Waals surface area contributed by atoms with Crippen LogP contribution in [0.4, 0.5) is 4.79 Å². The van der Waals surface area contributed by atoms with Crippen LogP contribution in [-0.2, 0) is 19.1 Å². The van der Waals surface area contributed by atoms with Crippen molar-refractivity contribution < 1.29 is 23.9 Å². The number of carbonyl (C=O) groups is 2. The van der Waals surface area contributed by atoms with Gasteiger partial charge in [-0.2, -0.15) is 0 Å². The lowest BCUT2D eigenvalue weighted by molar-refractivity contribution is -0.139. The average Bonchev–Trinajstić information content (AvgIpc) is 2.48. The molecule has 0 aliphatic carbocycles. The Labute approximate surface area is 143 Å². The van der Waals surface area contributed by atoms with E-state index in [1.165, 1.54) is 0 Å². The number of alkyl carbamates (subject to hydrolysis) is 1. The first-order valence-electron chi connectivity index (χ1n) is 7.95. The molecule has 0 aromatic heterocycles. The van der Waals surface area contributed by atoms with Crippen LogP contribution < -0.4 is 5.32 Å². The lowest BCUT2D eigenvalue weighted by atomic mass is 9.82. The number of nitrogens with zero attached hydrogens (tertiary/aromatic N) is 1. The van der Waals surface area contributed by atoms with Crippen molar-refractivity contribution in [2.45, 2.75) is 40.5 Å². The molecule has 24 heavy (non-hydrogen) atoms. The number of esters is 1. The summed E-state index contributed by atoms with van der Waals surface area (Å²) >= 11 is 0. The molecule has 0 fully saturated rings. The molecule has 7 nitrogen and oxygen atoms in total. The van der Waals surface area contributed by atoms with Crippen molar-refractivity contribution in [3.8, 4) is 0 Å². The van der Waals surface area contributed by atoms with Crippen molar-refractivity contribution in [1.82, 2.24) is 5.32 Å². The monoisotopic (exact) mass is 340 g/mol. The first-order chi connectivity index (χ1) is 11.2. The fourth-order valence-corrected chi connectivity index (χ4v) is 2.22. The quantitative estimate of drug-likeness (QED) is 0.205. The Bertz CT molecular complexity index is 481. The fraction of sp³-hybridized carbons (Fsp3) is 0.706. The van der Waals surface area contributed by atoms with Crippen LogP contribution in [0.3, 0.4) is 0 Å². The van der Waals surface area contributed by atoms with Crippen LogP contribution in [-0.4, -0.2) is 44.4 Å². The average molecular weight is 340 g/mol. The van der Waals surface area contributed by atoms with Gasteiger partial charge in [0.2, 0.25) is 6.08 Å². The van der Waals surface area contributed by atoms with Gasteiger partial charge in [-0.05, 0) is 31.1 Å². The van der Waals surface area contributed by atoms with Crippen molar-refractivity contribution in [1.29, 1.82) is 0 Å². The summed E-state index contributed by atoms with van der Waals surface area (Å²) in [5.74, 6) is -0.145. The largest absolute Gasteiger partial charge is 0.459 e. The summed E-state index contributed by atoms with van der Waals surface area (Å²) in [5, 5.41) is 2.65. The number of nitrogens with one attached hydrogen (secondary N) is 1. The second-order valence-corrected chi connectivity index (χ2v) is 6.65. The van der Waals surface area contributed by atoms with E-state index in [0.717, 1.165) is 12.8 Å². The van der Waals surface area contributed by atoms with Gasteiger partial charge in [-0.25, -0.2) is 19.4 Å². The highest BCUT2D eigenvalue weighted by atomic mass is 16.6. The molecular formula is C17H28N2O5. The standard InChI is InChI=1S/C17H28N2O5/c1-13(2)15(21)23-8-9-24-16(22)19-7-6-14(3)10-17(4,5)11-18-12-20/h14H,1,6-11H2,2-5H3,(H,19,22). The molecule has 0 heterocycles. The Morgan fingerprint density at radius 1 is 1.29 bits per heavy atom. The lowest BCUT2D eigenvalue weighted by Gasteiger charge is -2.25. The van der Waals surface area contributed by atoms with Crippen molar-refractivity contribution in [2.24, 2.45) is 16.3 Å². The topological polar surface area (TPSA) is 94.1 Å². The van der Waals surface area contributed by atoms with E-state index in [1.54, 1.807) is 13.0 Å². The van der Waals surface area contributed by atoms with E-state index in [4.69, 9.17) is 9.47 Å². The highest BCUT2D eigenvalue weighted by Crippen LogP contribution is 2.27. The van der Waals surface area contributed by atoms with Gasteiger partial charge in [-0.1, -0.05) is 27.4 Å². The van der Waals surface area contributed by atoms with Crippen LogP contribution in [0.2, 0.25) is 0 Å². The minimum atomic E-state index is -0.543. The van der Waals surface area contributed by atoms with Crippen molar-refractivity contribution in [2.75, 3.05) is 26.3 Å². The van der Waals surface area contributed by atoms with E-state index in [1.807, 2.05) is 13.8 Å². The Morgan fingerprint density at radius 3 is 2.50 bits per heavy atom. The molecule has 1 unspecified atom stereocenters. The van der Waals surface area contributed by atoms with Crippen molar-refractivity contribution in [3.63, 3.8) is 0 Å². The van der Waals surface area contributed by atoms with Crippen LogP contribution in [0, 0.1) is 11.3 Å². The third kappa shape index (κ3) is 11.4. The maximum Gasteiger partial charge on any atom is 0.407 e. The molecule has 1 amide bonds. The molecule has 0 aliphatic heterocycles. The summed E-state index contributed by atoms with van der Waals surface area (Å²) < 4.78 is 9.70. The molecule has 0 spiro atoms. The highest BCUT2D eigenvalue weighted by Gasteiger charge is 2.20. The van der Waals surface area contributed by atoms with E-state index in [9.17, 15) is 14.4 Å². The summed E-state index contributed by atoms with van der Waals surface area (Å²) in [6, 6.07) is 0.